The lowest BCUT2D eigenvalue weighted by molar-refractivity contribution is -0.134. The van der Waals surface area contributed by atoms with E-state index in [-0.39, 0.29) is 19.7 Å². The molecule has 1 aliphatic heterocycles. The molecular formula is C24H22ClN3O4. The largest absolute Gasteiger partial charge is 0.492 e. The molecule has 3 aromatic carbocycles. The van der Waals surface area contributed by atoms with Crippen molar-refractivity contribution in [1.29, 1.82) is 0 Å². The number of amides is 4. The Labute approximate surface area is 190 Å². The van der Waals surface area contributed by atoms with E-state index in [9.17, 15) is 14.4 Å². The summed E-state index contributed by atoms with van der Waals surface area (Å²) in [6.45, 7) is 1.75. The molecule has 164 valence electrons. The molecule has 1 atom stereocenters. The number of benzene rings is 3. The summed E-state index contributed by atoms with van der Waals surface area (Å²) in [5.74, 6) is -0.287. The third-order valence-corrected chi connectivity index (χ3v) is 5.66. The normalized spacial score (nSPS) is 18.0. The van der Waals surface area contributed by atoms with E-state index in [1.165, 1.54) is 0 Å². The van der Waals surface area contributed by atoms with Crippen LogP contribution in [0, 0.1) is 0 Å². The SMILES string of the molecule is CC1(c2ccc3ccccc3c2)NC(=O)N(CC(=O)NCCOc2ccc(Cl)cc2)C1=O. The van der Waals surface area contributed by atoms with Gasteiger partial charge in [0.05, 0.1) is 6.54 Å². The van der Waals surface area contributed by atoms with Crippen LogP contribution in [-0.2, 0) is 15.1 Å². The number of ether oxygens (including phenoxy) is 1. The maximum atomic E-state index is 13.1. The van der Waals surface area contributed by atoms with Crippen LogP contribution in [0.25, 0.3) is 10.8 Å². The van der Waals surface area contributed by atoms with Gasteiger partial charge in [-0.1, -0.05) is 48.0 Å². The first kappa shape index (κ1) is 21.6. The molecule has 0 bridgehead atoms. The summed E-state index contributed by atoms with van der Waals surface area (Å²) < 4.78 is 5.52. The van der Waals surface area contributed by atoms with Crippen LogP contribution in [0.5, 0.6) is 5.75 Å². The standard InChI is InChI=1S/C24H22ClN3O4/c1-24(18-7-6-16-4-2-3-5-17(16)14-18)22(30)28(23(31)27-24)15-21(29)26-12-13-32-20-10-8-19(25)9-11-20/h2-11,14H,12-13,15H2,1H3,(H,26,29)(H,27,31). The number of urea groups is 1. The van der Waals surface area contributed by atoms with Gasteiger partial charge in [-0.25, -0.2) is 4.79 Å². The van der Waals surface area contributed by atoms with Gasteiger partial charge in [0.2, 0.25) is 5.91 Å². The topological polar surface area (TPSA) is 87.7 Å². The van der Waals surface area contributed by atoms with E-state index < -0.39 is 23.4 Å². The van der Waals surface area contributed by atoms with Gasteiger partial charge in [-0.3, -0.25) is 14.5 Å². The van der Waals surface area contributed by atoms with Crippen molar-refractivity contribution in [2.45, 2.75) is 12.5 Å². The Bertz CT molecular complexity index is 1180. The fourth-order valence-electron chi connectivity index (χ4n) is 3.63. The minimum atomic E-state index is -1.24. The van der Waals surface area contributed by atoms with Crippen molar-refractivity contribution in [3.8, 4) is 5.75 Å². The van der Waals surface area contributed by atoms with Crippen LogP contribution in [0.4, 0.5) is 4.79 Å². The Morgan fingerprint density at radius 1 is 1.06 bits per heavy atom. The van der Waals surface area contributed by atoms with Crippen molar-refractivity contribution in [2.24, 2.45) is 0 Å². The van der Waals surface area contributed by atoms with E-state index in [1.807, 2.05) is 42.5 Å². The second-order valence-corrected chi connectivity index (χ2v) is 8.10. The predicted molar refractivity (Wildman–Crippen MR) is 122 cm³/mol. The maximum Gasteiger partial charge on any atom is 0.325 e. The zero-order chi connectivity index (χ0) is 22.7. The van der Waals surface area contributed by atoms with Crippen molar-refractivity contribution in [1.82, 2.24) is 15.5 Å². The number of imide groups is 1. The van der Waals surface area contributed by atoms with Crippen molar-refractivity contribution in [3.63, 3.8) is 0 Å². The van der Waals surface area contributed by atoms with Gasteiger partial charge in [0, 0.05) is 5.02 Å². The molecule has 1 saturated heterocycles. The Balaban J connectivity index is 1.35. The first-order valence-corrected chi connectivity index (χ1v) is 10.5. The Morgan fingerprint density at radius 3 is 2.53 bits per heavy atom. The fourth-order valence-corrected chi connectivity index (χ4v) is 3.75. The third-order valence-electron chi connectivity index (χ3n) is 5.41. The molecular weight excluding hydrogens is 430 g/mol. The summed E-state index contributed by atoms with van der Waals surface area (Å²) in [7, 11) is 0. The number of halogens is 1. The molecule has 2 N–H and O–H groups in total. The molecule has 1 heterocycles. The van der Waals surface area contributed by atoms with E-state index in [2.05, 4.69) is 10.6 Å². The monoisotopic (exact) mass is 451 g/mol. The number of hydrogen-bond donors (Lipinski definition) is 2. The molecule has 0 radical (unpaired) electrons. The first-order chi connectivity index (χ1) is 15.4. The number of hydrogen-bond acceptors (Lipinski definition) is 4. The zero-order valence-corrected chi connectivity index (χ0v) is 18.2. The van der Waals surface area contributed by atoms with Crippen molar-refractivity contribution in [2.75, 3.05) is 19.7 Å². The van der Waals surface area contributed by atoms with Crippen LogP contribution in [0.1, 0.15) is 12.5 Å². The molecule has 1 aliphatic rings. The highest BCUT2D eigenvalue weighted by Crippen LogP contribution is 2.30. The molecule has 3 aromatic rings. The summed E-state index contributed by atoms with van der Waals surface area (Å²) in [6, 6.07) is 19.6. The summed E-state index contributed by atoms with van der Waals surface area (Å²) in [5, 5.41) is 8.00. The molecule has 7 nitrogen and oxygen atoms in total. The molecule has 32 heavy (non-hydrogen) atoms. The molecule has 0 saturated carbocycles. The lowest BCUT2D eigenvalue weighted by Gasteiger charge is -2.22. The van der Waals surface area contributed by atoms with Crippen molar-refractivity contribution < 1.29 is 19.1 Å². The second kappa shape index (κ2) is 8.88. The molecule has 0 spiro atoms. The van der Waals surface area contributed by atoms with Gasteiger partial charge in [0.25, 0.3) is 5.91 Å². The molecule has 4 rings (SSSR count). The fraction of sp³-hybridized carbons (Fsp3) is 0.208. The number of rotatable bonds is 7. The highest BCUT2D eigenvalue weighted by Gasteiger charge is 2.49. The summed E-state index contributed by atoms with van der Waals surface area (Å²) in [4.78, 5) is 38.8. The van der Waals surface area contributed by atoms with Gasteiger partial charge in [0.1, 0.15) is 24.4 Å². The van der Waals surface area contributed by atoms with Crippen LogP contribution < -0.4 is 15.4 Å². The van der Waals surface area contributed by atoms with Crippen LogP contribution in [0.3, 0.4) is 0 Å². The average Bonchev–Trinajstić information content (AvgIpc) is 3.01. The summed E-state index contributed by atoms with van der Waals surface area (Å²) >= 11 is 5.83. The summed E-state index contributed by atoms with van der Waals surface area (Å²) in [6.07, 6.45) is 0. The Morgan fingerprint density at radius 2 is 1.78 bits per heavy atom. The van der Waals surface area contributed by atoms with Gasteiger partial charge in [-0.15, -0.1) is 0 Å². The van der Waals surface area contributed by atoms with E-state index in [0.717, 1.165) is 15.7 Å². The zero-order valence-electron chi connectivity index (χ0n) is 17.4. The number of fused-ring (bicyclic) bond motifs is 1. The highest BCUT2D eigenvalue weighted by atomic mass is 35.5. The summed E-state index contributed by atoms with van der Waals surface area (Å²) in [5.41, 5.74) is -0.576. The first-order valence-electron chi connectivity index (χ1n) is 10.2. The van der Waals surface area contributed by atoms with Gasteiger partial charge < -0.3 is 15.4 Å². The van der Waals surface area contributed by atoms with E-state index in [0.29, 0.717) is 16.3 Å². The van der Waals surface area contributed by atoms with Crippen molar-refractivity contribution in [3.05, 3.63) is 77.3 Å². The Hall–Kier alpha value is -3.58. The van der Waals surface area contributed by atoms with Gasteiger partial charge in [-0.2, -0.15) is 0 Å². The average molecular weight is 452 g/mol. The molecule has 0 aliphatic carbocycles. The van der Waals surface area contributed by atoms with Gasteiger partial charge in [-0.05, 0) is 53.6 Å². The molecule has 1 unspecified atom stereocenters. The lowest BCUT2D eigenvalue weighted by Crippen LogP contribution is -2.43. The smallest absolute Gasteiger partial charge is 0.325 e. The number of carbonyl (C=O) groups is 3. The van der Waals surface area contributed by atoms with Gasteiger partial charge >= 0.3 is 6.03 Å². The third kappa shape index (κ3) is 4.38. The molecule has 4 amide bonds. The van der Waals surface area contributed by atoms with E-state index in [4.69, 9.17) is 16.3 Å². The second-order valence-electron chi connectivity index (χ2n) is 7.66. The minimum Gasteiger partial charge on any atom is -0.492 e. The van der Waals surface area contributed by atoms with Crippen LogP contribution in [0.15, 0.2) is 66.7 Å². The molecule has 8 heteroatoms. The predicted octanol–water partition coefficient (Wildman–Crippen LogP) is 3.46. The van der Waals surface area contributed by atoms with Crippen LogP contribution in [0.2, 0.25) is 5.02 Å². The minimum absolute atomic E-state index is 0.229. The molecule has 0 aromatic heterocycles. The molecule has 1 fully saturated rings. The van der Waals surface area contributed by atoms with Crippen LogP contribution >= 0.6 is 11.6 Å². The quantitative estimate of drug-likeness (QED) is 0.425. The van der Waals surface area contributed by atoms with E-state index >= 15 is 0 Å². The van der Waals surface area contributed by atoms with E-state index in [1.54, 1.807) is 31.2 Å². The van der Waals surface area contributed by atoms with Crippen molar-refractivity contribution >= 4 is 40.2 Å². The number of nitrogens with zero attached hydrogens (tertiary/aromatic N) is 1. The number of nitrogens with one attached hydrogen (secondary N) is 2. The Kier molecular flexibility index (Phi) is 6.01. The highest BCUT2D eigenvalue weighted by molar-refractivity contribution is 6.30. The lowest BCUT2D eigenvalue weighted by atomic mass is 9.90. The van der Waals surface area contributed by atoms with Gasteiger partial charge in [0.15, 0.2) is 0 Å². The maximum absolute atomic E-state index is 13.1. The number of carbonyl (C=O) groups excluding carboxylic acids is 3. The van der Waals surface area contributed by atoms with Crippen LogP contribution in [-0.4, -0.2) is 42.4 Å².